The standard InChI is InChI=1S/C77H133NP2Si4/c1-13-25-55-81(56-26-14-2,57-27-15-3)74-51-47-70(48-52-74)79(71-49-53-75(54-50-71)82(58-28-16-4,59-29-17-5)60-30-18-6)78(69-41-37-38-42-69)80(72-43-39-45-76(67-72)83(61-31-19-7,62-32-20-8)63-33-21-9)73-44-40-46-77(68-73)84(64-34-22-10,65-35-23-11)66-36-24-12/h39-40,43-54,67-69H,13-38,41-42,55-66H2,1-12H3. The van der Waals surface area contributed by atoms with Crippen molar-refractivity contribution in [1.29, 1.82) is 0 Å². The molecule has 0 aliphatic heterocycles. The lowest BCUT2D eigenvalue weighted by Gasteiger charge is -2.44. The molecule has 1 nitrogen and oxygen atoms in total. The Kier molecular flexibility index (Phi) is 35.2. The SMILES string of the molecule is CCCC[Si](CCCC)(CCCC)c1ccc(P(c2ccc([Si](CCCC)(CCCC)CCCC)cc2)N(C2CCCC2)P(c2cccc([Si](CCCC)(CCCC)CCCC)c2)c2cccc([Si](CCCC)(CCCC)CCCC)c2)cc1. The molecular weight excluding hydrogens is 1110 g/mol. The van der Waals surface area contributed by atoms with E-state index in [9.17, 15) is 0 Å². The van der Waals surface area contributed by atoms with Gasteiger partial charge in [0.15, 0.2) is 0 Å². The second-order valence-electron chi connectivity index (χ2n) is 27.4. The molecule has 0 unspecified atom stereocenters. The van der Waals surface area contributed by atoms with Crippen LogP contribution in [-0.4, -0.2) is 42.8 Å². The zero-order valence-corrected chi connectivity index (χ0v) is 63.2. The lowest BCUT2D eigenvalue weighted by molar-refractivity contribution is 0.510. The van der Waals surface area contributed by atoms with Crippen molar-refractivity contribution in [2.45, 2.75) is 341 Å². The average molecular weight is 1250 g/mol. The predicted molar refractivity (Wildman–Crippen MR) is 400 cm³/mol. The molecule has 1 aliphatic carbocycles. The summed E-state index contributed by atoms with van der Waals surface area (Å²) in [6.45, 7) is 29.4. The van der Waals surface area contributed by atoms with Crippen molar-refractivity contribution < 1.29 is 0 Å². The Morgan fingerprint density at radius 2 is 0.512 bits per heavy atom. The Morgan fingerprint density at radius 3 is 0.750 bits per heavy atom. The highest BCUT2D eigenvalue weighted by molar-refractivity contribution is 7.84. The molecule has 472 valence electrons. The summed E-state index contributed by atoms with van der Waals surface area (Å²) in [4.78, 5) is 0. The van der Waals surface area contributed by atoms with Gasteiger partial charge in [0.1, 0.15) is 0 Å². The molecule has 1 aliphatic rings. The Bertz CT molecular complexity index is 2090. The molecule has 0 spiro atoms. The van der Waals surface area contributed by atoms with Gasteiger partial charge in [-0.05, 0) is 34.1 Å². The van der Waals surface area contributed by atoms with Gasteiger partial charge in [-0.15, -0.1) is 0 Å². The molecule has 1 fully saturated rings. The van der Waals surface area contributed by atoms with Gasteiger partial charge in [-0.2, -0.15) is 0 Å². The van der Waals surface area contributed by atoms with Crippen LogP contribution in [0.5, 0.6) is 0 Å². The van der Waals surface area contributed by atoms with Crippen LogP contribution in [0.1, 0.15) is 263 Å². The van der Waals surface area contributed by atoms with Crippen LogP contribution in [0.4, 0.5) is 0 Å². The molecule has 0 heterocycles. The predicted octanol–water partition coefficient (Wildman–Crippen LogP) is 22.6. The summed E-state index contributed by atoms with van der Waals surface area (Å²) >= 11 is 0. The maximum Gasteiger partial charge on any atom is 0.0867 e. The van der Waals surface area contributed by atoms with Crippen LogP contribution in [0.2, 0.25) is 72.5 Å². The summed E-state index contributed by atoms with van der Waals surface area (Å²) in [7, 11) is -8.84. The number of nitrogens with zero attached hydrogens (tertiary/aromatic N) is 1. The van der Waals surface area contributed by atoms with Crippen molar-refractivity contribution >= 4 is 90.4 Å². The Morgan fingerprint density at radius 1 is 0.286 bits per heavy atom. The van der Waals surface area contributed by atoms with E-state index >= 15 is 0 Å². The maximum absolute atomic E-state index is 3.38. The Balaban J connectivity index is 1.96. The molecule has 0 amide bonds. The minimum Gasteiger partial charge on any atom is -0.242 e. The van der Waals surface area contributed by atoms with E-state index in [-0.39, 0.29) is 0 Å². The van der Waals surface area contributed by atoms with Gasteiger partial charge in [0.05, 0.1) is 32.3 Å². The van der Waals surface area contributed by atoms with Crippen molar-refractivity contribution in [3.63, 3.8) is 0 Å². The molecule has 0 aromatic heterocycles. The van der Waals surface area contributed by atoms with Crippen LogP contribution in [0.3, 0.4) is 0 Å². The topological polar surface area (TPSA) is 3.24 Å². The third-order valence-corrected chi connectivity index (χ3v) is 48.6. The van der Waals surface area contributed by atoms with Gasteiger partial charge in [0.25, 0.3) is 0 Å². The molecule has 0 saturated heterocycles. The third kappa shape index (κ3) is 20.5. The van der Waals surface area contributed by atoms with Gasteiger partial charge in [0.2, 0.25) is 0 Å². The first-order valence-corrected chi connectivity index (χ1v) is 50.0. The second kappa shape index (κ2) is 40.3. The number of hydrogen-bond acceptors (Lipinski definition) is 1. The van der Waals surface area contributed by atoms with Crippen LogP contribution in [0, 0.1) is 0 Å². The molecule has 5 rings (SSSR count). The molecule has 84 heavy (non-hydrogen) atoms. The highest BCUT2D eigenvalue weighted by atomic mass is 31.2. The number of rotatable bonds is 47. The molecule has 4 aromatic rings. The zero-order chi connectivity index (χ0) is 60.5. The monoisotopic (exact) mass is 1250 g/mol. The van der Waals surface area contributed by atoms with Gasteiger partial charge in [-0.3, -0.25) is 0 Å². The quantitative estimate of drug-likeness (QED) is 0.0315. The minimum atomic E-state index is -1.82. The fourth-order valence-corrected chi connectivity index (χ4v) is 44.7. The lowest BCUT2D eigenvalue weighted by Crippen LogP contribution is -2.50. The zero-order valence-electron chi connectivity index (χ0n) is 57.4. The molecule has 0 radical (unpaired) electrons. The first-order chi connectivity index (χ1) is 41.1. The van der Waals surface area contributed by atoms with Crippen LogP contribution in [-0.2, 0) is 0 Å². The van der Waals surface area contributed by atoms with Gasteiger partial charge in [-0.25, -0.2) is 4.44 Å². The molecule has 0 atom stereocenters. The highest BCUT2D eigenvalue weighted by Gasteiger charge is 2.43. The summed E-state index contributed by atoms with van der Waals surface area (Å²) in [5, 5.41) is 13.8. The van der Waals surface area contributed by atoms with Crippen molar-refractivity contribution in [1.82, 2.24) is 4.44 Å². The van der Waals surface area contributed by atoms with Gasteiger partial charge in [-0.1, -0.05) is 440 Å². The van der Waals surface area contributed by atoms with E-state index in [1.807, 2.05) is 0 Å². The second-order valence-corrected chi connectivity index (χ2v) is 50.5. The summed E-state index contributed by atoms with van der Waals surface area (Å²) in [6, 6.07) is 62.2. The van der Waals surface area contributed by atoms with E-state index in [1.165, 1.54) is 252 Å². The highest BCUT2D eigenvalue weighted by Crippen LogP contribution is 2.58. The van der Waals surface area contributed by atoms with Gasteiger partial charge in [0, 0.05) is 22.2 Å². The Labute approximate surface area is 529 Å². The molecule has 1 saturated carbocycles. The van der Waals surface area contributed by atoms with Crippen LogP contribution in [0.15, 0.2) is 97.1 Å². The van der Waals surface area contributed by atoms with E-state index in [0.29, 0.717) is 6.04 Å². The molecule has 7 heteroatoms. The molecule has 0 N–H and O–H groups in total. The fraction of sp³-hybridized carbons (Fsp3) is 0.688. The summed E-state index contributed by atoms with van der Waals surface area (Å²) in [5.41, 5.74) is 0. The Hall–Kier alpha value is -1.43. The van der Waals surface area contributed by atoms with E-state index in [4.69, 9.17) is 0 Å². The first kappa shape index (κ1) is 73.3. The normalized spacial score (nSPS) is 13.8. The van der Waals surface area contributed by atoms with E-state index in [0.717, 1.165) is 0 Å². The number of hydrogen-bond donors (Lipinski definition) is 0. The van der Waals surface area contributed by atoms with E-state index < -0.39 is 48.4 Å². The number of unbranched alkanes of at least 4 members (excludes halogenated alkanes) is 12. The lowest BCUT2D eigenvalue weighted by atomic mass is 10.3. The van der Waals surface area contributed by atoms with E-state index in [1.54, 1.807) is 42.0 Å². The first-order valence-electron chi connectivity index (χ1n) is 36.9. The smallest absolute Gasteiger partial charge is 0.0867 e. The van der Waals surface area contributed by atoms with Crippen molar-refractivity contribution in [2.24, 2.45) is 0 Å². The van der Waals surface area contributed by atoms with E-state index in [2.05, 4.69) is 185 Å². The third-order valence-electron chi connectivity index (χ3n) is 21.0. The largest absolute Gasteiger partial charge is 0.242 e. The van der Waals surface area contributed by atoms with Crippen LogP contribution < -0.4 is 42.0 Å². The number of benzene rings is 4. The van der Waals surface area contributed by atoms with Gasteiger partial charge < -0.3 is 0 Å². The van der Waals surface area contributed by atoms with Crippen LogP contribution in [0.25, 0.3) is 0 Å². The molecule has 0 bridgehead atoms. The minimum absolute atomic E-state index is 0.553. The fourth-order valence-electron chi connectivity index (χ4n) is 15.6. The summed E-state index contributed by atoms with van der Waals surface area (Å²) in [5.74, 6) is 0. The molecule has 4 aromatic carbocycles. The van der Waals surface area contributed by atoms with Crippen molar-refractivity contribution in [3.8, 4) is 0 Å². The van der Waals surface area contributed by atoms with Crippen LogP contribution >= 0.6 is 16.1 Å². The summed E-state index contributed by atoms with van der Waals surface area (Å²) < 4.78 is 3.38. The molecular formula is C77H133NP2Si4. The van der Waals surface area contributed by atoms with Crippen molar-refractivity contribution in [2.75, 3.05) is 0 Å². The van der Waals surface area contributed by atoms with Gasteiger partial charge >= 0.3 is 0 Å². The van der Waals surface area contributed by atoms with Crippen molar-refractivity contribution in [3.05, 3.63) is 97.1 Å². The maximum atomic E-state index is 3.38. The average Bonchev–Trinajstić information content (AvgIpc) is 2.13. The summed E-state index contributed by atoms with van der Waals surface area (Å²) in [6.07, 6.45) is 37.7.